The number of nitrogens with one attached hydrogen (secondary N) is 1. The van der Waals surface area contributed by atoms with Crippen LogP contribution in [0.5, 0.6) is 0 Å². The monoisotopic (exact) mass is 415 g/mol. The summed E-state index contributed by atoms with van der Waals surface area (Å²) in [7, 11) is 0. The van der Waals surface area contributed by atoms with Gasteiger partial charge >= 0.3 is 5.97 Å². The Labute approximate surface area is 177 Å². The first-order valence-corrected chi connectivity index (χ1v) is 11.2. The van der Waals surface area contributed by atoms with Gasteiger partial charge in [-0.15, -0.1) is 11.3 Å². The molecule has 5 nitrogen and oxygen atoms in total. The number of nitrogens with zero attached hydrogens (tertiary/aromatic N) is 1. The Hall–Kier alpha value is -2.21. The average molecular weight is 416 g/mol. The molecule has 2 aromatic heterocycles. The van der Waals surface area contributed by atoms with Crippen molar-refractivity contribution >= 4 is 28.2 Å². The molecule has 1 N–H and O–H groups in total. The maximum Gasteiger partial charge on any atom is 0.341 e. The molecule has 156 valence electrons. The van der Waals surface area contributed by atoms with Crippen molar-refractivity contribution in [2.75, 3.05) is 5.32 Å². The van der Waals surface area contributed by atoms with Gasteiger partial charge in [0.2, 0.25) is 6.54 Å². The molecule has 0 unspecified atom stereocenters. The smallest absolute Gasteiger partial charge is 0.341 e. The van der Waals surface area contributed by atoms with Crippen molar-refractivity contribution in [1.82, 2.24) is 0 Å². The number of esters is 1. The second kappa shape index (κ2) is 9.08. The minimum absolute atomic E-state index is 0.128. The van der Waals surface area contributed by atoms with Crippen LogP contribution in [-0.2, 0) is 35.3 Å². The second-order valence-electron chi connectivity index (χ2n) is 8.22. The van der Waals surface area contributed by atoms with Crippen LogP contribution >= 0.6 is 11.3 Å². The van der Waals surface area contributed by atoms with E-state index in [-0.39, 0.29) is 24.5 Å². The zero-order valence-corrected chi connectivity index (χ0v) is 18.8. The number of amides is 1. The third kappa shape index (κ3) is 5.04. The number of pyridine rings is 1. The van der Waals surface area contributed by atoms with Crippen molar-refractivity contribution < 1.29 is 18.9 Å². The molecule has 29 heavy (non-hydrogen) atoms. The number of aryl methyl sites for hydroxylation is 2. The maximum absolute atomic E-state index is 12.8. The molecular formula is C23H31N2O3S+. The van der Waals surface area contributed by atoms with Gasteiger partial charge in [0.05, 0.1) is 11.7 Å². The molecular weight excluding hydrogens is 384 g/mol. The van der Waals surface area contributed by atoms with E-state index in [2.05, 4.69) is 25.2 Å². The number of ether oxygens (including phenoxy) is 1. The molecule has 2 heterocycles. The van der Waals surface area contributed by atoms with Crippen molar-refractivity contribution in [3.63, 3.8) is 0 Å². The first kappa shape index (κ1) is 21.5. The topological polar surface area (TPSA) is 59.3 Å². The summed E-state index contributed by atoms with van der Waals surface area (Å²) in [6, 6.07) is 4.11. The molecule has 0 aromatic carbocycles. The minimum atomic E-state index is -0.334. The fraction of sp³-hybridized carbons (Fsp3) is 0.522. The number of rotatable bonds is 6. The zero-order valence-electron chi connectivity index (χ0n) is 18.0. The fourth-order valence-electron chi connectivity index (χ4n) is 3.70. The highest BCUT2D eigenvalue weighted by Crippen LogP contribution is 2.40. The Balaban J connectivity index is 1.86. The number of carbonyl (C=O) groups is 2. The van der Waals surface area contributed by atoms with Crippen LogP contribution in [-0.4, -0.2) is 18.0 Å². The van der Waals surface area contributed by atoms with Crippen molar-refractivity contribution in [3.8, 4) is 0 Å². The highest BCUT2D eigenvalue weighted by atomic mass is 32.1. The van der Waals surface area contributed by atoms with Crippen LogP contribution in [0.1, 0.15) is 66.2 Å². The summed E-state index contributed by atoms with van der Waals surface area (Å²) in [4.78, 5) is 26.8. The summed E-state index contributed by atoms with van der Waals surface area (Å²) < 4.78 is 7.44. The van der Waals surface area contributed by atoms with Gasteiger partial charge in [-0.2, -0.15) is 4.57 Å². The normalized spacial score (nSPS) is 15.9. The van der Waals surface area contributed by atoms with Crippen LogP contribution in [0.4, 0.5) is 5.00 Å². The fourth-order valence-corrected chi connectivity index (χ4v) is 5.11. The van der Waals surface area contributed by atoms with Crippen LogP contribution < -0.4 is 9.88 Å². The van der Waals surface area contributed by atoms with Gasteiger partial charge in [-0.3, -0.25) is 4.79 Å². The lowest BCUT2D eigenvalue weighted by atomic mass is 9.88. The van der Waals surface area contributed by atoms with Crippen LogP contribution in [0.2, 0.25) is 0 Å². The number of anilines is 1. The first-order valence-electron chi connectivity index (χ1n) is 10.4. The molecule has 1 amide bonds. The van der Waals surface area contributed by atoms with E-state index in [9.17, 15) is 9.59 Å². The summed E-state index contributed by atoms with van der Waals surface area (Å²) in [6.45, 7) is 10.2. The molecule has 1 atom stereocenters. The molecule has 0 spiro atoms. The zero-order chi connectivity index (χ0) is 21.1. The molecule has 6 heteroatoms. The van der Waals surface area contributed by atoms with Gasteiger partial charge in [-0.1, -0.05) is 13.8 Å². The molecule has 0 fully saturated rings. The molecule has 0 saturated heterocycles. The van der Waals surface area contributed by atoms with Crippen LogP contribution in [0.3, 0.4) is 0 Å². The van der Waals surface area contributed by atoms with Crippen molar-refractivity contribution in [3.05, 3.63) is 45.6 Å². The predicted octanol–water partition coefficient (Wildman–Crippen LogP) is 4.24. The number of thiophene rings is 1. The molecule has 0 saturated carbocycles. The van der Waals surface area contributed by atoms with E-state index in [0.29, 0.717) is 16.5 Å². The minimum Gasteiger partial charge on any atom is -0.459 e. The van der Waals surface area contributed by atoms with Crippen molar-refractivity contribution in [1.29, 1.82) is 0 Å². The number of hydrogen-bond acceptors (Lipinski definition) is 4. The maximum atomic E-state index is 12.8. The van der Waals surface area contributed by atoms with Gasteiger partial charge in [0.1, 0.15) is 5.00 Å². The summed E-state index contributed by atoms with van der Waals surface area (Å²) >= 11 is 1.53. The van der Waals surface area contributed by atoms with E-state index in [4.69, 9.17) is 4.74 Å². The van der Waals surface area contributed by atoms with E-state index < -0.39 is 0 Å². The Morgan fingerprint density at radius 2 is 2.10 bits per heavy atom. The highest BCUT2D eigenvalue weighted by molar-refractivity contribution is 7.17. The molecule has 0 radical (unpaired) electrons. The Kier molecular flexibility index (Phi) is 6.73. The lowest BCUT2D eigenvalue weighted by molar-refractivity contribution is -0.690. The van der Waals surface area contributed by atoms with Gasteiger partial charge in [-0.05, 0) is 57.1 Å². The van der Waals surface area contributed by atoms with Gasteiger partial charge in [0.25, 0.3) is 5.91 Å². The van der Waals surface area contributed by atoms with Crippen molar-refractivity contribution in [2.24, 2.45) is 5.92 Å². The molecule has 3 rings (SSSR count). The molecule has 1 aliphatic carbocycles. The van der Waals surface area contributed by atoms with E-state index >= 15 is 0 Å². The first-order chi connectivity index (χ1) is 13.8. The van der Waals surface area contributed by atoms with Crippen LogP contribution in [0.25, 0.3) is 0 Å². The van der Waals surface area contributed by atoms with E-state index in [0.717, 1.165) is 36.9 Å². The number of carbonyl (C=O) groups excluding carboxylic acids is 2. The lowest BCUT2D eigenvalue weighted by Crippen LogP contribution is -2.43. The number of aromatic nitrogens is 1. The van der Waals surface area contributed by atoms with Crippen LogP contribution in [0, 0.1) is 12.8 Å². The average Bonchev–Trinajstić information content (AvgIpc) is 2.99. The Bertz CT molecular complexity index is 917. The molecule has 0 aliphatic heterocycles. The molecule has 0 bridgehead atoms. The van der Waals surface area contributed by atoms with E-state index in [1.54, 1.807) is 0 Å². The van der Waals surface area contributed by atoms with Crippen molar-refractivity contribution in [2.45, 2.75) is 73.0 Å². The second-order valence-corrected chi connectivity index (χ2v) is 9.32. The number of hydrogen-bond donors (Lipinski definition) is 1. The SMILES string of the molecule is CCc1ccc(C)[n+](CC(=O)Nc2sc3c(c2C(=O)OC(C)C)CC[C@H](C)C3)c1. The summed E-state index contributed by atoms with van der Waals surface area (Å²) in [5.74, 6) is 0.129. The summed E-state index contributed by atoms with van der Waals surface area (Å²) in [5, 5.41) is 3.64. The predicted molar refractivity (Wildman–Crippen MR) is 115 cm³/mol. The van der Waals surface area contributed by atoms with Gasteiger partial charge in [0.15, 0.2) is 11.9 Å². The van der Waals surface area contributed by atoms with E-state index in [1.807, 2.05) is 37.6 Å². The quantitative estimate of drug-likeness (QED) is 0.567. The number of fused-ring (bicyclic) bond motifs is 1. The van der Waals surface area contributed by atoms with Gasteiger partial charge in [0, 0.05) is 23.4 Å². The van der Waals surface area contributed by atoms with E-state index in [1.165, 1.54) is 21.8 Å². The Morgan fingerprint density at radius 1 is 1.34 bits per heavy atom. The summed E-state index contributed by atoms with van der Waals surface area (Å²) in [5.41, 5.74) is 3.83. The third-order valence-corrected chi connectivity index (χ3v) is 6.52. The van der Waals surface area contributed by atoms with Gasteiger partial charge < -0.3 is 10.1 Å². The van der Waals surface area contributed by atoms with Gasteiger partial charge in [-0.25, -0.2) is 4.79 Å². The molecule has 2 aromatic rings. The Morgan fingerprint density at radius 3 is 2.79 bits per heavy atom. The summed E-state index contributed by atoms with van der Waals surface area (Å²) in [6.07, 6.45) is 5.60. The molecule has 1 aliphatic rings. The standard InChI is InChI=1S/C23H30N2O3S/c1-6-17-9-8-16(5)25(12-17)13-20(26)24-22-21(23(27)28-14(2)3)18-10-7-15(4)11-19(18)29-22/h8-9,12,14-15H,6-7,10-11,13H2,1-5H3/p+1/t15-/m0/s1. The van der Waals surface area contributed by atoms with Crippen LogP contribution in [0.15, 0.2) is 18.3 Å². The lowest BCUT2D eigenvalue weighted by Gasteiger charge is -2.18. The highest BCUT2D eigenvalue weighted by Gasteiger charge is 2.30. The third-order valence-electron chi connectivity index (χ3n) is 5.35. The largest absolute Gasteiger partial charge is 0.459 e.